The molecule has 2 aromatic heterocycles. The molecular formula is C21H25N3O3. The molecule has 0 radical (unpaired) electrons. The van der Waals surface area contributed by atoms with Crippen molar-refractivity contribution in [2.24, 2.45) is 0 Å². The lowest BCUT2D eigenvalue weighted by atomic mass is 10.1. The maximum absolute atomic E-state index is 5.77. The molecule has 0 saturated carbocycles. The Balaban J connectivity index is 1.80. The lowest BCUT2D eigenvalue weighted by Crippen LogP contribution is -2.19. The van der Waals surface area contributed by atoms with Gasteiger partial charge in [-0.3, -0.25) is 4.40 Å². The van der Waals surface area contributed by atoms with Crippen molar-refractivity contribution in [1.82, 2.24) is 9.38 Å². The molecule has 1 saturated heterocycles. The van der Waals surface area contributed by atoms with Crippen LogP contribution in [0.15, 0.2) is 36.5 Å². The number of hydrogen-bond acceptors (Lipinski definition) is 5. The van der Waals surface area contributed by atoms with E-state index in [2.05, 4.69) is 28.9 Å². The van der Waals surface area contributed by atoms with Crippen molar-refractivity contribution in [2.75, 3.05) is 32.7 Å². The van der Waals surface area contributed by atoms with Gasteiger partial charge in [-0.1, -0.05) is 6.07 Å². The van der Waals surface area contributed by atoms with Crippen molar-refractivity contribution in [1.29, 1.82) is 0 Å². The van der Waals surface area contributed by atoms with Crippen LogP contribution in [0.3, 0.4) is 0 Å². The smallest absolute Gasteiger partial charge is 0.139 e. The third kappa shape index (κ3) is 3.45. The quantitative estimate of drug-likeness (QED) is 0.716. The average Bonchev–Trinajstić information content (AvgIpc) is 3.33. The minimum absolute atomic E-state index is 0.242. The van der Waals surface area contributed by atoms with Crippen molar-refractivity contribution < 1.29 is 14.2 Å². The number of aromatic nitrogens is 2. The average molecular weight is 367 g/mol. The molecule has 6 heteroatoms. The van der Waals surface area contributed by atoms with E-state index in [0.29, 0.717) is 0 Å². The molecule has 3 heterocycles. The van der Waals surface area contributed by atoms with E-state index in [1.807, 2.05) is 24.3 Å². The van der Waals surface area contributed by atoms with Gasteiger partial charge in [0.15, 0.2) is 0 Å². The number of benzene rings is 1. The predicted octanol–water partition coefficient (Wildman–Crippen LogP) is 3.92. The number of ether oxygens (including phenoxy) is 3. The molecule has 1 aliphatic heterocycles. The number of pyridine rings is 1. The standard InChI is InChI=1S/C21H25N3O3/c1-14-6-9-19-23-20(17-8-7-15(25-2)11-18(17)26-3)21(24(19)13-14)22-12-16-5-4-10-27-16/h6-9,11,13,16,22H,4-5,10,12H2,1-3H3/t16-/m1/s1. The first-order chi connectivity index (χ1) is 13.2. The Kier molecular flexibility index (Phi) is 4.90. The lowest BCUT2D eigenvalue weighted by Gasteiger charge is -2.15. The minimum Gasteiger partial charge on any atom is -0.497 e. The molecule has 6 nitrogen and oxygen atoms in total. The zero-order valence-electron chi connectivity index (χ0n) is 16.0. The molecule has 27 heavy (non-hydrogen) atoms. The van der Waals surface area contributed by atoms with E-state index in [1.54, 1.807) is 14.2 Å². The Morgan fingerprint density at radius 1 is 1.22 bits per heavy atom. The Labute approximate surface area is 159 Å². The lowest BCUT2D eigenvalue weighted by molar-refractivity contribution is 0.120. The maximum atomic E-state index is 5.77. The van der Waals surface area contributed by atoms with Gasteiger partial charge in [-0.15, -0.1) is 0 Å². The van der Waals surface area contributed by atoms with Gasteiger partial charge < -0.3 is 19.5 Å². The number of methoxy groups -OCH3 is 2. The van der Waals surface area contributed by atoms with Crippen LogP contribution in [0.25, 0.3) is 16.9 Å². The van der Waals surface area contributed by atoms with E-state index in [-0.39, 0.29) is 6.10 Å². The van der Waals surface area contributed by atoms with E-state index < -0.39 is 0 Å². The Morgan fingerprint density at radius 2 is 2.11 bits per heavy atom. The molecule has 0 aliphatic carbocycles. The fourth-order valence-corrected chi connectivity index (χ4v) is 3.52. The second-order valence-corrected chi connectivity index (χ2v) is 6.83. The summed E-state index contributed by atoms with van der Waals surface area (Å²) in [6, 6.07) is 9.91. The van der Waals surface area contributed by atoms with E-state index >= 15 is 0 Å². The van der Waals surface area contributed by atoms with Crippen LogP contribution in [-0.2, 0) is 4.74 Å². The summed E-state index contributed by atoms with van der Waals surface area (Å²) in [6.07, 6.45) is 4.55. The Morgan fingerprint density at radius 3 is 2.85 bits per heavy atom. The molecule has 1 N–H and O–H groups in total. The number of anilines is 1. The number of hydrogen-bond donors (Lipinski definition) is 1. The van der Waals surface area contributed by atoms with Crippen molar-refractivity contribution in [3.63, 3.8) is 0 Å². The topological polar surface area (TPSA) is 57.0 Å². The van der Waals surface area contributed by atoms with E-state index in [4.69, 9.17) is 19.2 Å². The highest BCUT2D eigenvalue weighted by Crippen LogP contribution is 2.37. The van der Waals surface area contributed by atoms with Crippen LogP contribution in [0.2, 0.25) is 0 Å². The summed E-state index contributed by atoms with van der Waals surface area (Å²) in [4.78, 5) is 4.87. The summed E-state index contributed by atoms with van der Waals surface area (Å²) in [6.45, 7) is 3.68. The highest BCUT2D eigenvalue weighted by molar-refractivity contribution is 5.81. The molecule has 3 aromatic rings. The first-order valence-corrected chi connectivity index (χ1v) is 9.26. The molecular weight excluding hydrogens is 342 g/mol. The van der Waals surface area contributed by atoms with Gasteiger partial charge in [0.2, 0.25) is 0 Å². The highest BCUT2D eigenvalue weighted by atomic mass is 16.5. The molecule has 0 unspecified atom stereocenters. The first-order valence-electron chi connectivity index (χ1n) is 9.26. The molecule has 4 rings (SSSR count). The van der Waals surface area contributed by atoms with Gasteiger partial charge in [-0.05, 0) is 43.5 Å². The van der Waals surface area contributed by atoms with Gasteiger partial charge in [0, 0.05) is 31.0 Å². The monoisotopic (exact) mass is 367 g/mol. The number of nitrogens with one attached hydrogen (secondary N) is 1. The second-order valence-electron chi connectivity index (χ2n) is 6.83. The van der Waals surface area contributed by atoms with Crippen molar-refractivity contribution in [3.05, 3.63) is 42.1 Å². The molecule has 0 spiro atoms. The summed E-state index contributed by atoms with van der Waals surface area (Å²) < 4.78 is 18.8. The van der Waals surface area contributed by atoms with E-state index in [9.17, 15) is 0 Å². The number of rotatable bonds is 6. The molecule has 1 aliphatic rings. The van der Waals surface area contributed by atoms with Crippen molar-refractivity contribution in [2.45, 2.75) is 25.9 Å². The SMILES string of the molecule is COc1ccc(-c2nc3ccc(C)cn3c2NC[C@H]2CCCO2)c(OC)c1. The minimum atomic E-state index is 0.242. The third-order valence-corrected chi connectivity index (χ3v) is 4.95. The van der Waals surface area contributed by atoms with E-state index in [0.717, 1.165) is 60.2 Å². The van der Waals surface area contributed by atoms with Gasteiger partial charge in [-0.25, -0.2) is 4.98 Å². The number of aryl methyl sites for hydroxylation is 1. The normalized spacial score (nSPS) is 16.6. The molecule has 1 fully saturated rings. The zero-order valence-corrected chi connectivity index (χ0v) is 16.0. The van der Waals surface area contributed by atoms with Crippen LogP contribution in [0, 0.1) is 6.92 Å². The van der Waals surface area contributed by atoms with Gasteiger partial charge in [0.1, 0.15) is 28.7 Å². The summed E-state index contributed by atoms with van der Waals surface area (Å²) >= 11 is 0. The number of imidazole rings is 1. The van der Waals surface area contributed by atoms with Gasteiger partial charge >= 0.3 is 0 Å². The number of nitrogens with zero attached hydrogens (tertiary/aromatic N) is 2. The van der Waals surface area contributed by atoms with Gasteiger partial charge in [0.05, 0.1) is 20.3 Å². The van der Waals surface area contributed by atoms with Crippen LogP contribution in [0.1, 0.15) is 18.4 Å². The number of fused-ring (bicyclic) bond motifs is 1. The fourth-order valence-electron chi connectivity index (χ4n) is 3.52. The third-order valence-electron chi connectivity index (χ3n) is 4.95. The summed E-state index contributed by atoms with van der Waals surface area (Å²) in [5.41, 5.74) is 3.85. The summed E-state index contributed by atoms with van der Waals surface area (Å²) in [5, 5.41) is 3.57. The summed E-state index contributed by atoms with van der Waals surface area (Å²) in [5.74, 6) is 2.44. The molecule has 1 aromatic carbocycles. The van der Waals surface area contributed by atoms with Crippen LogP contribution in [0.5, 0.6) is 11.5 Å². The largest absolute Gasteiger partial charge is 0.497 e. The Bertz CT molecular complexity index is 945. The zero-order chi connectivity index (χ0) is 18.8. The van der Waals surface area contributed by atoms with Gasteiger partial charge in [0.25, 0.3) is 0 Å². The molecule has 0 bridgehead atoms. The first kappa shape index (κ1) is 17.7. The van der Waals surface area contributed by atoms with Crippen molar-refractivity contribution in [3.8, 4) is 22.8 Å². The Hall–Kier alpha value is -2.73. The van der Waals surface area contributed by atoms with Crippen molar-refractivity contribution >= 4 is 11.5 Å². The second kappa shape index (κ2) is 7.48. The van der Waals surface area contributed by atoms with Crippen LogP contribution in [-0.4, -0.2) is 42.9 Å². The van der Waals surface area contributed by atoms with Crippen LogP contribution in [0.4, 0.5) is 5.82 Å². The highest BCUT2D eigenvalue weighted by Gasteiger charge is 2.21. The molecule has 1 atom stereocenters. The fraction of sp³-hybridized carbons (Fsp3) is 0.381. The van der Waals surface area contributed by atoms with Crippen LogP contribution < -0.4 is 14.8 Å². The maximum Gasteiger partial charge on any atom is 0.139 e. The summed E-state index contributed by atoms with van der Waals surface area (Å²) in [7, 11) is 3.31. The molecule has 0 amide bonds. The van der Waals surface area contributed by atoms with Crippen LogP contribution >= 0.6 is 0 Å². The predicted molar refractivity (Wildman–Crippen MR) is 106 cm³/mol. The van der Waals surface area contributed by atoms with E-state index in [1.165, 1.54) is 5.56 Å². The molecule has 142 valence electrons. The van der Waals surface area contributed by atoms with Gasteiger partial charge in [-0.2, -0.15) is 0 Å².